The molecule has 11 atom stereocenters. The molecule has 6 rings (SSSR count). The van der Waals surface area contributed by atoms with Crippen LogP contribution in [0.5, 0.6) is 5.75 Å². The molecule has 40 nitrogen and oxygen atoms in total. The normalized spacial score (nSPS) is 20.1. The van der Waals surface area contributed by atoms with Crippen LogP contribution < -0.4 is 69.0 Å². The van der Waals surface area contributed by atoms with E-state index in [-0.39, 0.29) is 63.5 Å². The fourth-order valence-electron chi connectivity index (χ4n) is 12.3. The molecule has 115 heavy (non-hydrogen) atoms. The number of H-pyrrole nitrogens is 1. The van der Waals surface area contributed by atoms with Crippen LogP contribution in [-0.2, 0) is 83.2 Å². The molecule has 2 aromatic carbocycles. The number of aliphatic carboxylic acids is 1. The van der Waals surface area contributed by atoms with Crippen LogP contribution >= 0.6 is 11.8 Å². The Morgan fingerprint density at radius 3 is 2.01 bits per heavy atom. The highest BCUT2D eigenvalue weighted by molar-refractivity contribution is 7.99. The molecule has 0 saturated carbocycles. The van der Waals surface area contributed by atoms with Gasteiger partial charge >= 0.3 is 24.2 Å². The summed E-state index contributed by atoms with van der Waals surface area (Å²) in [7, 11) is 4.14. The number of carboxylic acids is 1. The number of unbranched alkanes of at least 4 members (excludes halogenated alkanes) is 2. The van der Waals surface area contributed by atoms with Gasteiger partial charge in [-0.2, -0.15) is 0 Å². The van der Waals surface area contributed by atoms with Gasteiger partial charge in [0, 0.05) is 94.1 Å². The van der Waals surface area contributed by atoms with Crippen LogP contribution in [0.3, 0.4) is 0 Å². The first-order valence-corrected chi connectivity index (χ1v) is 38.5. The van der Waals surface area contributed by atoms with Gasteiger partial charge in [-0.15, -0.1) is 11.8 Å². The van der Waals surface area contributed by atoms with Crippen molar-refractivity contribution in [1.82, 2.24) is 77.8 Å². The summed E-state index contributed by atoms with van der Waals surface area (Å²) in [5.41, 5.74) is 7.33. The first kappa shape index (κ1) is 92.3. The molecule has 2 fully saturated rings. The standard InChI is InChI=1S/C74H105N17O23S/c1-10-40(4)62-67(105)79-34-56(96)81-51(38-115-70-41(5)47-22-21-45(112-9)29-49(47)84-70)65(103)83-50(31-60(100)101)71(108)91-35-46(30-52(91)66(104)87-63(42(6)53(93)36-92)68(106)78-32-55(95)77-33-57(97)86-62)114-74(111)89(8)28-27-88(7)73(110)113-37-43-17-19-44(20-18-43)80-64(102)48(15-14-25-76-72(75)109)82-69(107)61(39(2)3)85-54(94)16-12-11-13-26-90-58(98)23-24-59(90)99/h17-24,29,39-40,42,46,48,50-53,61-63,84,92-93H,10-16,25-28,30-38H2,1-9H3,(H,77,95)(H,78,106)(H,79,105)(H,80,102)(H,81,96)(H,82,107)(H,83,103)(H,85,94)(H,86,97)(H,87,104)(H,100,101)(H3,75,76,109)/t40-,42-,46-,48+,50-,51-,52?,53-,61-,62+,63+/m0/s1. The lowest BCUT2D eigenvalue weighted by molar-refractivity contribution is -0.146. The number of carbonyl (C=O) groups is 17. The maximum Gasteiger partial charge on any atom is 0.409 e. The predicted molar refractivity (Wildman–Crippen MR) is 412 cm³/mol. The molecule has 3 aliphatic heterocycles. The van der Waals surface area contributed by atoms with Crippen molar-refractivity contribution in [3.05, 3.63) is 65.7 Å². The van der Waals surface area contributed by atoms with E-state index in [1.807, 2.05) is 0 Å². The smallest absolute Gasteiger partial charge is 0.409 e. The largest absolute Gasteiger partial charge is 0.497 e. The average molecular weight is 1630 g/mol. The molecule has 0 radical (unpaired) electrons. The Morgan fingerprint density at radius 1 is 0.730 bits per heavy atom. The zero-order valence-corrected chi connectivity index (χ0v) is 66.4. The van der Waals surface area contributed by atoms with Crippen molar-refractivity contribution in [3.8, 4) is 5.75 Å². The Kier molecular flexibility index (Phi) is 35.9. The van der Waals surface area contributed by atoms with Crippen LogP contribution in [-0.4, -0.2) is 281 Å². The number of nitrogens with one attached hydrogen (secondary N) is 12. The number of carbonyl (C=O) groups excluding carboxylic acids is 16. The molecule has 630 valence electrons. The van der Waals surface area contributed by atoms with E-state index in [4.69, 9.17) is 19.9 Å². The first-order chi connectivity index (χ1) is 54.5. The van der Waals surface area contributed by atoms with E-state index >= 15 is 4.79 Å². The molecule has 0 spiro atoms. The maximum atomic E-state index is 15.1. The topological polar surface area (TPSA) is 566 Å². The molecular formula is C74H105N17O23S. The number of thioether (sulfide) groups is 1. The van der Waals surface area contributed by atoms with Crippen molar-refractivity contribution in [2.45, 2.75) is 165 Å². The second-order valence-electron chi connectivity index (χ2n) is 28.4. The van der Waals surface area contributed by atoms with Crippen molar-refractivity contribution in [1.29, 1.82) is 0 Å². The Morgan fingerprint density at radius 2 is 1.37 bits per heavy atom. The molecular weight excluding hydrogens is 1530 g/mol. The number of aromatic nitrogens is 1. The number of fused-ring (bicyclic) bond motifs is 2. The van der Waals surface area contributed by atoms with Crippen LogP contribution in [0.4, 0.5) is 20.1 Å². The Labute approximate surface area is 667 Å². The van der Waals surface area contributed by atoms with Gasteiger partial charge in [-0.05, 0) is 79.8 Å². The summed E-state index contributed by atoms with van der Waals surface area (Å²) < 4.78 is 16.7. The van der Waals surface area contributed by atoms with E-state index in [1.165, 1.54) is 52.4 Å². The number of imide groups is 1. The second kappa shape index (κ2) is 44.7. The van der Waals surface area contributed by atoms with Gasteiger partial charge in [0.05, 0.1) is 63.0 Å². The SMILES string of the molecule is CC[C@H](C)[C@H]1NC(=O)CNC(=O)CNC(=O)[C@@H]([C@@H](C)[C@@H](O)CO)NC(=O)C2C[C@H](OC(=O)N(C)CCN(C)C(=O)OCc3ccc(NC(=O)[C@@H](CCCNC(N)=O)NC(=O)[C@@H](NC(=O)CCCCCN4C(=O)C=CC4=O)C(C)C)cc3)CN2C(=O)[C@H](CC(=O)O)NC(=O)[C@H](CSc2[nH]c3cc(OC)ccc3c2C)NC(=O)CNC1=O. The molecule has 1 aromatic heterocycles. The molecule has 4 heterocycles. The Bertz CT molecular complexity index is 4050. The number of nitrogens with two attached hydrogens (primary N) is 1. The van der Waals surface area contributed by atoms with Crippen molar-refractivity contribution >= 4 is 129 Å². The minimum absolute atomic E-state index is 0.0308. The van der Waals surface area contributed by atoms with Crippen LogP contribution in [0.2, 0.25) is 0 Å². The van der Waals surface area contributed by atoms with Crippen LogP contribution in [0.15, 0.2) is 59.6 Å². The number of rotatable bonds is 33. The molecule has 41 heteroatoms. The summed E-state index contributed by atoms with van der Waals surface area (Å²) in [4.78, 5) is 236. The minimum Gasteiger partial charge on any atom is -0.497 e. The quantitative estimate of drug-likeness (QED) is 0.0182. The number of aliphatic hydroxyl groups excluding tert-OH is 2. The van der Waals surface area contributed by atoms with E-state index in [2.05, 4.69) is 63.5 Å². The van der Waals surface area contributed by atoms with Crippen LogP contribution in [0.25, 0.3) is 10.9 Å². The van der Waals surface area contributed by atoms with E-state index in [1.54, 1.807) is 65.0 Å². The van der Waals surface area contributed by atoms with Crippen molar-refractivity contribution in [2.24, 2.45) is 23.5 Å². The molecule has 3 aromatic rings. The number of ether oxygens (including phenoxy) is 3. The summed E-state index contributed by atoms with van der Waals surface area (Å²) in [5.74, 6) is -14.5. The van der Waals surface area contributed by atoms with Gasteiger partial charge in [0.15, 0.2) is 0 Å². The number of aliphatic hydroxyl groups is 2. The molecule has 0 bridgehead atoms. The average Bonchev–Trinajstić information content (AvgIpc) is 1.66. The fraction of sp³-hybridized carbons (Fsp3) is 0.554. The molecule has 3 aliphatic rings. The third-order valence-corrected chi connectivity index (χ3v) is 20.6. The predicted octanol–water partition coefficient (Wildman–Crippen LogP) is -1.81. The van der Waals surface area contributed by atoms with Crippen LogP contribution in [0, 0.1) is 24.7 Å². The van der Waals surface area contributed by atoms with Gasteiger partial charge in [0.2, 0.25) is 65.0 Å². The number of aryl methyl sites for hydroxylation is 1. The Balaban J connectivity index is 1.14. The number of anilines is 1. The third kappa shape index (κ3) is 28.2. The number of urea groups is 1. The summed E-state index contributed by atoms with van der Waals surface area (Å²) in [6.07, 6.45) is -2.36. The highest BCUT2D eigenvalue weighted by Gasteiger charge is 2.47. The van der Waals surface area contributed by atoms with Crippen LogP contribution in [0.1, 0.15) is 104 Å². The molecule has 1 unspecified atom stereocenters. The molecule has 17 N–H and O–H groups in total. The number of carboxylic acid groups (broad SMARTS) is 1. The number of primary amides is 1. The number of methoxy groups -OCH3 is 1. The first-order valence-electron chi connectivity index (χ1n) is 37.5. The lowest BCUT2D eigenvalue weighted by atomic mass is 9.94. The van der Waals surface area contributed by atoms with Gasteiger partial charge in [0.25, 0.3) is 11.8 Å². The van der Waals surface area contributed by atoms with E-state index in [0.29, 0.717) is 47.5 Å². The van der Waals surface area contributed by atoms with E-state index in [0.717, 1.165) is 42.3 Å². The number of hydrogen-bond acceptors (Lipinski definition) is 23. The van der Waals surface area contributed by atoms with Gasteiger partial charge in [-0.3, -0.25) is 72.0 Å². The fourth-order valence-corrected chi connectivity index (χ4v) is 13.3. The van der Waals surface area contributed by atoms with E-state index in [9.17, 15) is 92.0 Å². The number of amides is 17. The lowest BCUT2D eigenvalue weighted by Crippen LogP contribution is -2.60. The van der Waals surface area contributed by atoms with Crippen molar-refractivity contribution < 1.29 is 111 Å². The lowest BCUT2D eigenvalue weighted by Gasteiger charge is -2.31. The van der Waals surface area contributed by atoms with Crippen molar-refractivity contribution in [2.75, 3.05) is 91.2 Å². The van der Waals surface area contributed by atoms with Gasteiger partial charge < -0.3 is 113 Å². The highest BCUT2D eigenvalue weighted by atomic mass is 32.2. The number of nitrogens with zero attached hydrogens (tertiary/aromatic N) is 4. The third-order valence-electron chi connectivity index (χ3n) is 19.4. The maximum absolute atomic E-state index is 15.1. The number of benzene rings is 2. The zero-order valence-electron chi connectivity index (χ0n) is 65.5. The number of hydrogen-bond donors (Lipinski definition) is 16. The summed E-state index contributed by atoms with van der Waals surface area (Å²) in [6.45, 7) is 5.47. The molecule has 17 amide bonds. The molecule has 0 aliphatic carbocycles. The molecule has 2 saturated heterocycles. The van der Waals surface area contributed by atoms with Gasteiger partial charge in [-0.25, -0.2) is 14.4 Å². The highest BCUT2D eigenvalue weighted by Crippen LogP contribution is 2.32. The minimum atomic E-state index is -2.06. The van der Waals surface area contributed by atoms with Gasteiger partial charge in [0.1, 0.15) is 60.8 Å². The number of likely N-dealkylation sites (N-methyl/N-ethyl adjacent to an activating group) is 2. The summed E-state index contributed by atoms with van der Waals surface area (Å²) in [5, 5.41) is 60.0. The summed E-state index contributed by atoms with van der Waals surface area (Å²) in [6, 6.07) is -0.205. The number of aromatic amines is 1. The summed E-state index contributed by atoms with van der Waals surface area (Å²) >= 11 is 1.05. The monoisotopic (exact) mass is 1630 g/mol. The zero-order chi connectivity index (χ0) is 84.9. The van der Waals surface area contributed by atoms with Gasteiger partial charge in [-0.1, -0.05) is 59.6 Å². The van der Waals surface area contributed by atoms with E-state index < -0.39 is 219 Å². The second-order valence-corrected chi connectivity index (χ2v) is 29.4. The van der Waals surface area contributed by atoms with Crippen molar-refractivity contribution in [3.63, 3.8) is 0 Å². The Hall–Kier alpha value is -11.6.